The predicted molar refractivity (Wildman–Crippen MR) is 248 cm³/mol. The number of rotatable bonds is 48. The molecule has 0 aromatic carbocycles. The second-order valence-electron chi connectivity index (χ2n) is 17.5. The van der Waals surface area contributed by atoms with Gasteiger partial charge in [-0.15, -0.1) is 0 Å². The zero-order valence-corrected chi connectivity index (χ0v) is 39.6. The fourth-order valence-corrected chi connectivity index (χ4v) is 7.40. The van der Waals surface area contributed by atoms with Crippen LogP contribution in [0.2, 0.25) is 0 Å². The highest BCUT2D eigenvalue weighted by atomic mass is 16.5. The summed E-state index contributed by atoms with van der Waals surface area (Å²) in [5.74, 6) is -5.50. The smallest absolute Gasteiger partial charge is 0.326 e. The standard InChI is InChI=1S/C48H86N4O13/c1-37(35-53)42(55)33-38(43(56)34-39(47(50)61)22-16-18-28-49)21-17-19-29-51-45(58)36-65-32-31-64-30-20-23-40(54)26-27-41(48(62)63)52-44(57)24-14-12-10-8-6-4-2-3-5-7-9-11-13-15-25-46(59)60/h37-39,41,53H,2-36,49H2,1H3,(H2,50,61)(H,51,58)(H,52,57)(H,59,60)(H,62,63)/t37-,38-,39-,41+/m1/s1. The first-order valence-corrected chi connectivity index (χ1v) is 24.5. The van der Waals surface area contributed by atoms with E-state index in [1.54, 1.807) is 6.92 Å². The number of amides is 3. The zero-order valence-electron chi connectivity index (χ0n) is 39.6. The van der Waals surface area contributed by atoms with Crippen molar-refractivity contribution in [3.63, 3.8) is 0 Å². The lowest BCUT2D eigenvalue weighted by Gasteiger charge is -2.20. The van der Waals surface area contributed by atoms with Gasteiger partial charge in [-0.2, -0.15) is 0 Å². The van der Waals surface area contributed by atoms with E-state index in [1.165, 1.54) is 38.5 Å². The van der Waals surface area contributed by atoms with E-state index in [0.29, 0.717) is 64.5 Å². The van der Waals surface area contributed by atoms with E-state index in [2.05, 4.69) is 10.6 Å². The lowest BCUT2D eigenvalue weighted by Crippen LogP contribution is -2.41. The third-order valence-electron chi connectivity index (χ3n) is 11.6. The van der Waals surface area contributed by atoms with E-state index in [9.17, 15) is 48.6 Å². The zero-order chi connectivity index (χ0) is 48.5. The molecule has 0 saturated carbocycles. The number of nitrogens with two attached hydrogens (primary N) is 2. The van der Waals surface area contributed by atoms with Crippen LogP contribution in [0.3, 0.4) is 0 Å². The Morgan fingerprint density at radius 2 is 1.09 bits per heavy atom. The van der Waals surface area contributed by atoms with Crippen molar-refractivity contribution in [3.8, 4) is 0 Å². The first-order valence-electron chi connectivity index (χ1n) is 24.5. The van der Waals surface area contributed by atoms with E-state index in [1.807, 2.05) is 0 Å². The van der Waals surface area contributed by atoms with Crippen LogP contribution in [0.4, 0.5) is 0 Å². The largest absolute Gasteiger partial charge is 0.481 e. The summed E-state index contributed by atoms with van der Waals surface area (Å²) in [6, 6.07) is -1.12. The molecule has 9 N–H and O–H groups in total. The number of carboxylic acid groups (broad SMARTS) is 2. The van der Waals surface area contributed by atoms with Crippen LogP contribution in [-0.2, 0) is 47.8 Å². The maximum absolute atomic E-state index is 13.2. The van der Waals surface area contributed by atoms with Crippen molar-refractivity contribution >= 4 is 47.0 Å². The van der Waals surface area contributed by atoms with Gasteiger partial charge in [0, 0.05) is 69.4 Å². The summed E-state index contributed by atoms with van der Waals surface area (Å²) in [6.45, 7) is 2.56. The van der Waals surface area contributed by atoms with Gasteiger partial charge in [0.15, 0.2) is 0 Å². The average Bonchev–Trinajstić information content (AvgIpc) is 3.26. The molecule has 65 heavy (non-hydrogen) atoms. The number of aliphatic hydroxyl groups is 1. The second-order valence-corrected chi connectivity index (χ2v) is 17.5. The highest BCUT2D eigenvalue weighted by Crippen LogP contribution is 2.23. The number of Topliss-reactive ketones (excluding diaryl/α,β-unsaturated/α-hetero) is 3. The number of primary amides is 1. The van der Waals surface area contributed by atoms with Gasteiger partial charge in [-0.1, -0.05) is 96.8 Å². The van der Waals surface area contributed by atoms with Gasteiger partial charge in [0.25, 0.3) is 0 Å². The minimum atomic E-state index is -1.17. The highest BCUT2D eigenvalue weighted by molar-refractivity contribution is 5.91. The minimum Gasteiger partial charge on any atom is -0.481 e. The molecule has 0 aromatic heterocycles. The fraction of sp³-hybridized carbons (Fsp3) is 0.833. The Bertz CT molecular complexity index is 1350. The molecule has 3 amide bonds. The molecular formula is C48H86N4O13. The Morgan fingerprint density at radius 3 is 1.65 bits per heavy atom. The van der Waals surface area contributed by atoms with E-state index in [4.69, 9.17) is 26.0 Å². The molecule has 0 spiro atoms. The van der Waals surface area contributed by atoms with Crippen molar-refractivity contribution in [1.82, 2.24) is 10.6 Å². The second kappa shape index (κ2) is 41.6. The van der Waals surface area contributed by atoms with Crippen LogP contribution in [-0.4, -0.2) is 114 Å². The molecule has 0 unspecified atom stereocenters. The number of carbonyl (C=O) groups is 8. The van der Waals surface area contributed by atoms with Crippen molar-refractivity contribution in [2.24, 2.45) is 29.2 Å². The Labute approximate surface area is 388 Å². The normalized spacial score (nSPS) is 13.1. The molecule has 0 heterocycles. The molecule has 0 radical (unpaired) electrons. The van der Waals surface area contributed by atoms with Gasteiger partial charge in [0.1, 0.15) is 30.0 Å². The van der Waals surface area contributed by atoms with E-state index < -0.39 is 41.6 Å². The summed E-state index contributed by atoms with van der Waals surface area (Å²) in [7, 11) is 0. The van der Waals surface area contributed by atoms with Crippen LogP contribution >= 0.6 is 0 Å². The first-order chi connectivity index (χ1) is 31.2. The van der Waals surface area contributed by atoms with Crippen molar-refractivity contribution in [2.75, 3.05) is 46.1 Å². The minimum absolute atomic E-state index is 0.0183. The highest BCUT2D eigenvalue weighted by Gasteiger charge is 2.28. The molecule has 0 rings (SSSR count). The summed E-state index contributed by atoms with van der Waals surface area (Å²) >= 11 is 0. The Hall–Kier alpha value is -3.80. The van der Waals surface area contributed by atoms with E-state index >= 15 is 0 Å². The average molecular weight is 927 g/mol. The van der Waals surface area contributed by atoms with E-state index in [-0.39, 0.29) is 107 Å². The van der Waals surface area contributed by atoms with Crippen molar-refractivity contribution in [3.05, 3.63) is 0 Å². The lowest BCUT2D eigenvalue weighted by molar-refractivity contribution is -0.142. The molecule has 0 aliphatic heterocycles. The number of aliphatic hydroxyl groups excluding tert-OH is 1. The van der Waals surface area contributed by atoms with Crippen LogP contribution in [0.1, 0.15) is 187 Å². The van der Waals surface area contributed by atoms with Crippen LogP contribution in [0.15, 0.2) is 0 Å². The van der Waals surface area contributed by atoms with Crippen molar-refractivity contribution < 1.29 is 63.1 Å². The van der Waals surface area contributed by atoms with Crippen molar-refractivity contribution in [1.29, 1.82) is 0 Å². The lowest BCUT2D eigenvalue weighted by atomic mass is 9.84. The fourth-order valence-electron chi connectivity index (χ4n) is 7.40. The van der Waals surface area contributed by atoms with Gasteiger partial charge in [0.05, 0.1) is 19.8 Å². The summed E-state index contributed by atoms with van der Waals surface area (Å²) in [6.07, 6.45) is 19.4. The van der Waals surface area contributed by atoms with Gasteiger partial charge in [-0.05, 0) is 57.9 Å². The third kappa shape index (κ3) is 37.0. The van der Waals surface area contributed by atoms with Gasteiger partial charge < -0.3 is 46.9 Å². The molecule has 17 heteroatoms. The molecular weight excluding hydrogens is 841 g/mol. The molecule has 0 aliphatic rings. The van der Waals surface area contributed by atoms with Crippen LogP contribution in [0, 0.1) is 17.8 Å². The molecule has 0 bridgehead atoms. The Kier molecular flexibility index (Phi) is 39.2. The Balaban J connectivity index is 4.08. The number of unbranched alkanes of at least 4 members (excludes halogenated alkanes) is 15. The quantitative estimate of drug-likeness (QED) is 0.0359. The number of ketones is 3. The number of ether oxygens (including phenoxy) is 2. The topological polar surface area (TPSA) is 292 Å². The number of nitrogens with one attached hydrogen (secondary N) is 2. The molecule has 0 fully saturated rings. The number of hydrogen-bond acceptors (Lipinski definition) is 12. The first kappa shape index (κ1) is 61.2. The number of hydrogen-bond donors (Lipinski definition) is 7. The molecule has 4 atom stereocenters. The molecule has 0 aliphatic carbocycles. The van der Waals surface area contributed by atoms with Gasteiger partial charge >= 0.3 is 11.9 Å². The Morgan fingerprint density at radius 1 is 0.554 bits per heavy atom. The molecule has 0 aromatic rings. The van der Waals surface area contributed by atoms with Crippen LogP contribution in [0.25, 0.3) is 0 Å². The molecule has 0 saturated heterocycles. The van der Waals surface area contributed by atoms with Gasteiger partial charge in [-0.3, -0.25) is 33.6 Å². The summed E-state index contributed by atoms with van der Waals surface area (Å²) < 4.78 is 10.9. The number of carboxylic acids is 2. The number of aliphatic carboxylic acids is 2. The predicted octanol–water partition coefficient (Wildman–Crippen LogP) is 5.72. The monoisotopic (exact) mass is 927 g/mol. The van der Waals surface area contributed by atoms with Gasteiger partial charge in [0.2, 0.25) is 17.7 Å². The summed E-state index contributed by atoms with van der Waals surface area (Å²) in [4.78, 5) is 96.9. The van der Waals surface area contributed by atoms with E-state index in [0.717, 1.165) is 44.9 Å². The molecule has 17 nitrogen and oxygen atoms in total. The van der Waals surface area contributed by atoms with Crippen LogP contribution < -0.4 is 22.1 Å². The maximum atomic E-state index is 13.2. The summed E-state index contributed by atoms with van der Waals surface area (Å²) in [5.41, 5.74) is 11.1. The number of carbonyl (C=O) groups excluding carboxylic acids is 6. The maximum Gasteiger partial charge on any atom is 0.326 e. The summed E-state index contributed by atoms with van der Waals surface area (Å²) in [5, 5.41) is 32.9. The van der Waals surface area contributed by atoms with Crippen molar-refractivity contribution in [2.45, 2.75) is 193 Å². The third-order valence-corrected chi connectivity index (χ3v) is 11.6. The SMILES string of the molecule is C[C@H](CO)C(=O)C[C@@H](CCCCNC(=O)COCCOCCCC(=O)CC[C@H](NC(=O)CCCCCCCCCCCCCCCCC(=O)O)C(=O)O)C(=O)C[C@@H](CCCCN)C(N)=O. The van der Waals surface area contributed by atoms with Crippen LogP contribution in [0.5, 0.6) is 0 Å². The van der Waals surface area contributed by atoms with Gasteiger partial charge in [-0.25, -0.2) is 4.79 Å². The molecule has 376 valence electrons.